The van der Waals surface area contributed by atoms with Crippen molar-refractivity contribution in [2.45, 2.75) is 6.10 Å². The SMILES string of the molecule is [Br-].c1ccc2c(c1)OC[C@H](C1=[NH+]CCN1)O2. The van der Waals surface area contributed by atoms with Crippen LogP contribution >= 0.6 is 0 Å². The Hall–Kier alpha value is -1.23. The van der Waals surface area contributed by atoms with Crippen LogP contribution in [0.5, 0.6) is 11.5 Å². The predicted octanol–water partition coefficient (Wildman–Crippen LogP) is -4.09. The smallest absolute Gasteiger partial charge is 0.288 e. The van der Waals surface area contributed by atoms with E-state index in [-0.39, 0.29) is 23.1 Å². The molecule has 4 nitrogen and oxygen atoms in total. The summed E-state index contributed by atoms with van der Waals surface area (Å²) in [6, 6.07) is 7.75. The summed E-state index contributed by atoms with van der Waals surface area (Å²) in [5, 5.41) is 3.26. The van der Waals surface area contributed by atoms with Gasteiger partial charge in [0, 0.05) is 0 Å². The van der Waals surface area contributed by atoms with Crippen LogP contribution in [-0.2, 0) is 0 Å². The van der Waals surface area contributed by atoms with E-state index in [1.54, 1.807) is 0 Å². The average molecular weight is 285 g/mol. The van der Waals surface area contributed by atoms with Crippen molar-refractivity contribution in [1.82, 2.24) is 5.32 Å². The Morgan fingerprint density at radius 1 is 1.25 bits per heavy atom. The second kappa shape index (κ2) is 4.74. The first-order valence-electron chi connectivity index (χ1n) is 5.16. The van der Waals surface area contributed by atoms with Gasteiger partial charge in [0.05, 0.1) is 0 Å². The molecule has 2 aliphatic rings. The van der Waals surface area contributed by atoms with Gasteiger partial charge in [-0.1, -0.05) is 12.1 Å². The van der Waals surface area contributed by atoms with Gasteiger partial charge in [0.2, 0.25) is 6.10 Å². The van der Waals surface area contributed by atoms with Gasteiger partial charge in [-0.3, -0.25) is 10.3 Å². The molecule has 0 saturated carbocycles. The molecule has 1 aromatic carbocycles. The maximum absolute atomic E-state index is 5.83. The molecule has 16 heavy (non-hydrogen) atoms. The lowest BCUT2D eigenvalue weighted by Gasteiger charge is -2.24. The van der Waals surface area contributed by atoms with Gasteiger partial charge in [0.15, 0.2) is 11.5 Å². The van der Waals surface area contributed by atoms with Crippen LogP contribution < -0.4 is 36.8 Å². The highest BCUT2D eigenvalue weighted by atomic mass is 79.9. The third-order valence-electron chi connectivity index (χ3n) is 2.59. The molecule has 0 amide bonds. The van der Waals surface area contributed by atoms with E-state index < -0.39 is 0 Å². The number of halogens is 1. The topological polar surface area (TPSA) is 44.5 Å². The second-order valence-corrected chi connectivity index (χ2v) is 3.63. The number of hydrogen-bond acceptors (Lipinski definition) is 3. The maximum Gasteiger partial charge on any atom is 0.288 e. The second-order valence-electron chi connectivity index (χ2n) is 3.63. The van der Waals surface area contributed by atoms with Crippen LogP contribution in [0.25, 0.3) is 0 Å². The molecule has 0 saturated heterocycles. The van der Waals surface area contributed by atoms with Gasteiger partial charge in [-0.2, -0.15) is 0 Å². The zero-order valence-electron chi connectivity index (χ0n) is 8.70. The van der Waals surface area contributed by atoms with Gasteiger partial charge in [-0.15, -0.1) is 0 Å². The lowest BCUT2D eigenvalue weighted by atomic mass is 10.2. The molecule has 1 atom stereocenters. The zero-order chi connectivity index (χ0) is 10.1. The summed E-state index contributed by atoms with van der Waals surface area (Å²) in [7, 11) is 0. The van der Waals surface area contributed by atoms with Crippen molar-refractivity contribution in [2.24, 2.45) is 0 Å². The number of amidine groups is 1. The van der Waals surface area contributed by atoms with Crippen LogP contribution in [0.4, 0.5) is 0 Å². The van der Waals surface area contributed by atoms with E-state index in [4.69, 9.17) is 9.47 Å². The van der Waals surface area contributed by atoms with Crippen molar-refractivity contribution in [2.75, 3.05) is 19.7 Å². The van der Waals surface area contributed by atoms with Crippen LogP contribution in [-0.4, -0.2) is 31.6 Å². The Balaban J connectivity index is 0.000000963. The number of hydrogen-bond donors (Lipinski definition) is 2. The van der Waals surface area contributed by atoms with Crippen molar-refractivity contribution < 1.29 is 31.4 Å². The van der Waals surface area contributed by atoms with Crippen LogP contribution in [0, 0.1) is 0 Å². The maximum atomic E-state index is 5.83. The highest BCUT2D eigenvalue weighted by Crippen LogP contribution is 2.30. The molecule has 2 aliphatic heterocycles. The van der Waals surface area contributed by atoms with Crippen LogP contribution in [0.2, 0.25) is 0 Å². The first kappa shape index (κ1) is 11.3. The lowest BCUT2D eigenvalue weighted by Crippen LogP contribution is -3.00. The standard InChI is InChI=1S/C11H12N2O2.BrH/c1-2-4-9-8(3-1)14-7-10(15-9)11-12-5-6-13-11;/h1-4,10H,5-7H2,(H,12,13);1H/t10-;/m1./s1. The van der Waals surface area contributed by atoms with Gasteiger partial charge in [-0.05, 0) is 12.1 Å². The number of rotatable bonds is 1. The highest BCUT2D eigenvalue weighted by molar-refractivity contribution is 5.82. The minimum Gasteiger partial charge on any atom is -1.00 e. The van der Waals surface area contributed by atoms with Crippen molar-refractivity contribution in [1.29, 1.82) is 0 Å². The highest BCUT2D eigenvalue weighted by Gasteiger charge is 2.31. The lowest BCUT2D eigenvalue weighted by molar-refractivity contribution is -0.447. The fourth-order valence-electron chi connectivity index (χ4n) is 1.85. The van der Waals surface area contributed by atoms with E-state index in [2.05, 4.69) is 10.3 Å². The molecule has 0 aromatic heterocycles. The van der Waals surface area contributed by atoms with E-state index >= 15 is 0 Å². The summed E-state index contributed by atoms with van der Waals surface area (Å²) in [4.78, 5) is 3.26. The fourth-order valence-corrected chi connectivity index (χ4v) is 1.85. The normalized spacial score (nSPS) is 21.8. The Bertz CT molecular complexity index is 409. The number of nitrogens with one attached hydrogen (secondary N) is 2. The molecule has 86 valence electrons. The molecule has 3 rings (SSSR count). The molecule has 2 N–H and O–H groups in total. The molecule has 2 heterocycles. The van der Waals surface area contributed by atoms with Crippen molar-refractivity contribution in [3.63, 3.8) is 0 Å². The average Bonchev–Trinajstić information content (AvgIpc) is 2.82. The number of ether oxygens (including phenoxy) is 2. The number of fused-ring (bicyclic) bond motifs is 1. The minimum atomic E-state index is -0.0256. The summed E-state index contributed by atoms with van der Waals surface area (Å²) >= 11 is 0. The molecular formula is C11H13BrN2O2. The molecular weight excluding hydrogens is 272 g/mol. The Morgan fingerprint density at radius 2 is 2.06 bits per heavy atom. The Morgan fingerprint density at radius 3 is 2.81 bits per heavy atom. The minimum absolute atomic E-state index is 0. The van der Waals surface area contributed by atoms with Gasteiger partial charge in [-0.25, -0.2) is 0 Å². The molecule has 0 radical (unpaired) electrons. The molecule has 0 unspecified atom stereocenters. The van der Waals surface area contributed by atoms with Crippen LogP contribution in [0.15, 0.2) is 24.3 Å². The summed E-state index contributed by atoms with van der Waals surface area (Å²) in [6.07, 6.45) is -0.0256. The van der Waals surface area contributed by atoms with E-state index in [1.807, 2.05) is 24.3 Å². The van der Waals surface area contributed by atoms with Crippen molar-refractivity contribution >= 4 is 5.84 Å². The van der Waals surface area contributed by atoms with E-state index in [1.165, 1.54) is 0 Å². The largest absolute Gasteiger partial charge is 1.00 e. The van der Waals surface area contributed by atoms with Crippen LogP contribution in [0.1, 0.15) is 0 Å². The first-order chi connectivity index (χ1) is 7.43. The van der Waals surface area contributed by atoms with Gasteiger partial charge in [0.25, 0.3) is 5.84 Å². The van der Waals surface area contributed by atoms with Crippen LogP contribution in [0.3, 0.4) is 0 Å². The van der Waals surface area contributed by atoms with E-state index in [0.717, 1.165) is 30.4 Å². The van der Waals surface area contributed by atoms with Crippen molar-refractivity contribution in [3.05, 3.63) is 24.3 Å². The molecule has 1 aromatic rings. The third-order valence-corrected chi connectivity index (χ3v) is 2.59. The third kappa shape index (κ3) is 2.00. The van der Waals surface area contributed by atoms with Gasteiger partial charge < -0.3 is 26.5 Å². The van der Waals surface area contributed by atoms with E-state index in [0.29, 0.717) is 6.61 Å². The van der Waals surface area contributed by atoms with Gasteiger partial charge >= 0.3 is 0 Å². The Kier molecular flexibility index (Phi) is 3.33. The monoisotopic (exact) mass is 284 g/mol. The number of benzene rings is 1. The zero-order valence-corrected chi connectivity index (χ0v) is 10.3. The first-order valence-corrected chi connectivity index (χ1v) is 5.16. The van der Waals surface area contributed by atoms with E-state index in [9.17, 15) is 0 Å². The summed E-state index contributed by atoms with van der Waals surface area (Å²) < 4.78 is 11.5. The van der Waals surface area contributed by atoms with Gasteiger partial charge in [0.1, 0.15) is 19.7 Å². The molecule has 5 heteroatoms. The molecule has 0 spiro atoms. The summed E-state index contributed by atoms with van der Waals surface area (Å²) in [5.74, 6) is 2.67. The molecule has 0 fully saturated rings. The quantitative estimate of drug-likeness (QED) is 0.551. The fraction of sp³-hybridized carbons (Fsp3) is 0.364. The summed E-state index contributed by atoms with van der Waals surface area (Å²) in [6.45, 7) is 2.47. The Labute approximate surface area is 104 Å². The molecule has 0 aliphatic carbocycles. The summed E-state index contributed by atoms with van der Waals surface area (Å²) in [5.41, 5.74) is 0. The predicted molar refractivity (Wildman–Crippen MR) is 55.2 cm³/mol. The number of para-hydroxylation sites is 2. The van der Waals surface area contributed by atoms with Crippen molar-refractivity contribution in [3.8, 4) is 11.5 Å². The molecule has 0 bridgehead atoms.